The lowest BCUT2D eigenvalue weighted by atomic mass is 10.1. The van der Waals surface area contributed by atoms with Gasteiger partial charge >= 0.3 is 21.5 Å². The highest BCUT2D eigenvalue weighted by atomic mass is 27.1. The standard InChI is InChI=1S/C8H8O2.C4H8O.Al.H/c1-6-4-2-3-5-7(6)8(9)10;1-2-3-4-5;;/h2-5H,1H3,(H,9,10);1-4H2;;/q;-1;+1;. The molecule has 1 N–H and O–H groups in total. The Morgan fingerprint density at radius 2 is 2.12 bits per heavy atom. The molecule has 1 heterocycles. The summed E-state index contributed by atoms with van der Waals surface area (Å²) in [5, 5.41) is 9.98. The van der Waals surface area contributed by atoms with Crippen LogP contribution in [0, 0.1) is 6.92 Å². The first-order chi connectivity index (χ1) is 7.72. The maximum atomic E-state index is 10.4. The lowest BCUT2D eigenvalue weighted by molar-refractivity contribution is 0.0696. The van der Waals surface area contributed by atoms with E-state index >= 15 is 0 Å². The van der Waals surface area contributed by atoms with Crippen LogP contribution in [0.2, 0.25) is 5.28 Å². The molecule has 2 rings (SSSR count). The zero-order valence-electron chi connectivity index (χ0n) is 9.61. The van der Waals surface area contributed by atoms with Crippen molar-refractivity contribution in [3.63, 3.8) is 0 Å². The van der Waals surface area contributed by atoms with Crippen LogP contribution in [-0.4, -0.2) is 33.2 Å². The van der Waals surface area contributed by atoms with E-state index in [-0.39, 0.29) is 15.6 Å². The second kappa shape index (κ2) is 7.45. The number of benzene rings is 1. The summed E-state index contributed by atoms with van der Waals surface area (Å²) in [6, 6.07) is 6.92. The van der Waals surface area contributed by atoms with Gasteiger partial charge in [-0.3, -0.25) is 0 Å². The summed E-state index contributed by atoms with van der Waals surface area (Å²) in [5.74, 6) is -0.863. The van der Waals surface area contributed by atoms with Gasteiger partial charge in [0, 0.05) is 6.61 Å². The first-order valence-corrected chi connectivity index (χ1v) is 7.16. The highest BCUT2D eigenvalue weighted by Gasteiger charge is 2.03. The fourth-order valence-electron chi connectivity index (χ4n) is 1.50. The van der Waals surface area contributed by atoms with Gasteiger partial charge in [0.1, 0.15) is 0 Å². The number of carboxylic acids is 1. The molecule has 0 radical (unpaired) electrons. The number of carbonyl (C=O) groups is 1. The molecular weight excluding hydrogens is 219 g/mol. The molecular formula is C12H17AlO3. The molecule has 3 nitrogen and oxygen atoms in total. The first kappa shape index (κ1) is 13.2. The SMILES string of the molecule is C1C[CH2][AlH][O]C1.Cc1ccccc1C(=O)O. The van der Waals surface area contributed by atoms with Crippen molar-refractivity contribution < 1.29 is 13.7 Å². The molecule has 1 aliphatic rings. The second-order valence-electron chi connectivity index (χ2n) is 3.79. The van der Waals surface area contributed by atoms with E-state index in [4.69, 9.17) is 8.90 Å². The molecule has 1 saturated heterocycles. The third-order valence-electron chi connectivity index (χ3n) is 2.45. The number of hydrogen-bond donors (Lipinski definition) is 1. The van der Waals surface area contributed by atoms with Gasteiger partial charge in [0.15, 0.2) is 0 Å². The molecule has 0 saturated carbocycles. The topological polar surface area (TPSA) is 46.5 Å². The van der Waals surface area contributed by atoms with Crippen LogP contribution in [-0.2, 0) is 3.79 Å². The summed E-state index contributed by atoms with van der Waals surface area (Å²) in [6.45, 7) is 2.84. The molecule has 16 heavy (non-hydrogen) atoms. The van der Waals surface area contributed by atoms with E-state index in [1.807, 2.05) is 6.07 Å². The van der Waals surface area contributed by atoms with Crippen molar-refractivity contribution in [3.8, 4) is 0 Å². The molecule has 0 aromatic heterocycles. The minimum absolute atomic E-state index is 0.00849. The van der Waals surface area contributed by atoms with Crippen molar-refractivity contribution in [1.82, 2.24) is 0 Å². The smallest absolute Gasteiger partial charge is 0.435 e. The van der Waals surface area contributed by atoms with E-state index in [0.29, 0.717) is 5.56 Å². The fraction of sp³-hybridized carbons (Fsp3) is 0.417. The van der Waals surface area contributed by atoms with Gasteiger partial charge in [0.05, 0.1) is 5.56 Å². The summed E-state index contributed by atoms with van der Waals surface area (Å²) < 4.78 is 5.21. The fourth-order valence-corrected chi connectivity index (χ4v) is 2.67. The Bertz CT molecular complexity index is 323. The van der Waals surface area contributed by atoms with Gasteiger partial charge < -0.3 is 8.90 Å². The normalized spacial score (nSPS) is 14.3. The lowest BCUT2D eigenvalue weighted by Crippen LogP contribution is -2.06. The number of hydrogen-bond acceptors (Lipinski definition) is 2. The van der Waals surface area contributed by atoms with E-state index in [9.17, 15) is 4.79 Å². The highest BCUT2D eigenvalue weighted by molar-refractivity contribution is 6.27. The van der Waals surface area contributed by atoms with Crippen LogP contribution < -0.4 is 0 Å². The largest absolute Gasteiger partial charge is 0.503 e. The second-order valence-corrected chi connectivity index (χ2v) is 5.32. The third-order valence-corrected chi connectivity index (χ3v) is 3.82. The highest BCUT2D eigenvalue weighted by Crippen LogP contribution is 2.05. The van der Waals surface area contributed by atoms with Crippen molar-refractivity contribution in [2.75, 3.05) is 6.61 Å². The van der Waals surface area contributed by atoms with Gasteiger partial charge in [0.2, 0.25) is 0 Å². The number of aryl methyl sites for hydroxylation is 1. The third kappa shape index (κ3) is 4.80. The van der Waals surface area contributed by atoms with Crippen LogP contribution in [0.5, 0.6) is 0 Å². The van der Waals surface area contributed by atoms with Crippen molar-refractivity contribution >= 4 is 21.5 Å². The van der Waals surface area contributed by atoms with Crippen LogP contribution in [0.4, 0.5) is 0 Å². The average molecular weight is 236 g/mol. The summed E-state index contributed by atoms with van der Waals surface area (Å²) >= 11 is 0.00849. The Morgan fingerprint density at radius 1 is 1.38 bits per heavy atom. The maximum absolute atomic E-state index is 10.4. The molecule has 0 spiro atoms. The van der Waals surface area contributed by atoms with Crippen molar-refractivity contribution in [2.24, 2.45) is 0 Å². The van der Waals surface area contributed by atoms with E-state index in [0.717, 1.165) is 12.2 Å². The van der Waals surface area contributed by atoms with Crippen molar-refractivity contribution in [1.29, 1.82) is 0 Å². The Hall–Kier alpha value is -0.818. The zero-order chi connectivity index (χ0) is 11.8. The predicted molar refractivity (Wildman–Crippen MR) is 65.3 cm³/mol. The zero-order valence-corrected chi connectivity index (χ0v) is 11.0. The van der Waals surface area contributed by atoms with E-state index in [2.05, 4.69) is 0 Å². The summed E-state index contributed by atoms with van der Waals surface area (Å²) in [7, 11) is 0. The maximum Gasteiger partial charge on any atom is 0.435 e. The number of aromatic carboxylic acids is 1. The molecule has 1 aliphatic heterocycles. The van der Waals surface area contributed by atoms with Crippen LogP contribution in [0.1, 0.15) is 28.8 Å². The van der Waals surface area contributed by atoms with E-state index in [1.54, 1.807) is 25.1 Å². The first-order valence-electron chi connectivity index (χ1n) is 5.58. The number of carboxylic acid groups (broad SMARTS) is 1. The van der Waals surface area contributed by atoms with Crippen molar-refractivity contribution in [3.05, 3.63) is 35.4 Å². The number of rotatable bonds is 1. The van der Waals surface area contributed by atoms with Crippen molar-refractivity contribution in [2.45, 2.75) is 25.0 Å². The quantitative estimate of drug-likeness (QED) is 0.761. The molecule has 1 fully saturated rings. The molecule has 1 aromatic carbocycles. The molecule has 0 aliphatic carbocycles. The van der Waals surface area contributed by atoms with Gasteiger partial charge in [-0.2, -0.15) is 0 Å². The lowest BCUT2D eigenvalue weighted by Gasteiger charge is -2.06. The Labute approximate surface area is 102 Å². The molecule has 0 atom stereocenters. The Kier molecular flexibility index (Phi) is 6.17. The van der Waals surface area contributed by atoms with Gasteiger partial charge in [-0.1, -0.05) is 29.9 Å². The van der Waals surface area contributed by atoms with Gasteiger partial charge in [0.25, 0.3) is 0 Å². The molecule has 0 amide bonds. The van der Waals surface area contributed by atoms with Gasteiger partial charge in [-0.15, -0.1) is 0 Å². The van der Waals surface area contributed by atoms with Gasteiger partial charge in [-0.25, -0.2) is 4.79 Å². The van der Waals surface area contributed by atoms with Crippen LogP contribution in [0.25, 0.3) is 0 Å². The summed E-state index contributed by atoms with van der Waals surface area (Å²) in [4.78, 5) is 10.4. The van der Waals surface area contributed by atoms with E-state index in [1.165, 1.54) is 18.1 Å². The summed E-state index contributed by atoms with van der Waals surface area (Å²) in [6.07, 6.45) is 2.75. The molecule has 4 heteroatoms. The predicted octanol–water partition coefficient (Wildman–Crippen LogP) is 2.26. The minimum atomic E-state index is -0.863. The Balaban J connectivity index is 0.000000181. The van der Waals surface area contributed by atoms with E-state index < -0.39 is 5.97 Å². The molecule has 0 unspecified atom stereocenters. The molecule has 1 aromatic rings. The monoisotopic (exact) mass is 236 g/mol. The summed E-state index contributed by atoms with van der Waals surface area (Å²) in [5.41, 5.74) is 1.18. The van der Waals surface area contributed by atoms with Crippen LogP contribution in [0.3, 0.4) is 0 Å². The van der Waals surface area contributed by atoms with Crippen LogP contribution >= 0.6 is 0 Å². The molecule has 86 valence electrons. The van der Waals surface area contributed by atoms with Crippen LogP contribution in [0.15, 0.2) is 24.3 Å². The minimum Gasteiger partial charge on any atom is -0.503 e. The van der Waals surface area contributed by atoms with Gasteiger partial charge in [-0.05, 0) is 25.0 Å². The Morgan fingerprint density at radius 3 is 2.44 bits per heavy atom. The average Bonchev–Trinajstić information content (AvgIpc) is 2.32. The molecule has 0 bridgehead atoms.